The highest BCUT2D eigenvalue weighted by Gasteiger charge is 2.02. The van der Waals surface area contributed by atoms with Gasteiger partial charge >= 0.3 is 0 Å². The first-order valence-corrected chi connectivity index (χ1v) is 7.02. The molecule has 2 N–H and O–H groups in total. The van der Waals surface area contributed by atoms with Crippen molar-refractivity contribution in [3.8, 4) is 5.75 Å². The second-order valence-electron chi connectivity index (χ2n) is 4.37. The minimum absolute atomic E-state index is 0.0764. The van der Waals surface area contributed by atoms with Crippen LogP contribution in [0.2, 0.25) is 5.02 Å². The van der Waals surface area contributed by atoms with Gasteiger partial charge in [0, 0.05) is 5.56 Å². The van der Waals surface area contributed by atoms with Gasteiger partial charge in [-0.3, -0.25) is 4.79 Å². The summed E-state index contributed by atoms with van der Waals surface area (Å²) in [4.78, 5) is 11.7. The lowest BCUT2D eigenvalue weighted by Gasteiger charge is -2.07. The standard InChI is InChI=1S/C16H16ClN3O2/c1-22-15-9-5-2-6-12(15)10-19-20-16(21)11-18-14-8-4-3-7-13(14)17/h2-10,18H,11H2,1H3,(H,20,21)/b19-10-. The van der Waals surface area contributed by atoms with Gasteiger partial charge in [0.15, 0.2) is 0 Å². The maximum atomic E-state index is 11.7. The molecule has 0 fully saturated rings. The topological polar surface area (TPSA) is 62.7 Å². The molecule has 0 aliphatic heterocycles. The zero-order valence-electron chi connectivity index (χ0n) is 12.0. The van der Waals surface area contributed by atoms with E-state index in [1.165, 1.54) is 6.21 Å². The van der Waals surface area contributed by atoms with Crippen LogP contribution in [0.15, 0.2) is 53.6 Å². The second kappa shape index (κ2) is 8.05. The van der Waals surface area contributed by atoms with Crippen LogP contribution in [0.5, 0.6) is 5.75 Å². The third-order valence-corrected chi connectivity index (χ3v) is 3.17. The summed E-state index contributed by atoms with van der Waals surface area (Å²) in [5.41, 5.74) is 3.93. The molecule has 0 unspecified atom stereocenters. The van der Waals surface area contributed by atoms with Crippen LogP contribution in [0.4, 0.5) is 5.69 Å². The average molecular weight is 318 g/mol. The lowest BCUT2D eigenvalue weighted by atomic mass is 10.2. The Morgan fingerprint density at radius 3 is 2.73 bits per heavy atom. The highest BCUT2D eigenvalue weighted by molar-refractivity contribution is 6.33. The summed E-state index contributed by atoms with van der Waals surface area (Å²) in [7, 11) is 1.58. The summed E-state index contributed by atoms with van der Waals surface area (Å²) in [5, 5.41) is 7.41. The van der Waals surface area contributed by atoms with Crippen molar-refractivity contribution in [1.82, 2.24) is 5.43 Å². The number of para-hydroxylation sites is 2. The lowest BCUT2D eigenvalue weighted by molar-refractivity contribution is -0.119. The van der Waals surface area contributed by atoms with Crippen LogP contribution < -0.4 is 15.5 Å². The molecule has 0 aliphatic rings. The van der Waals surface area contributed by atoms with Gasteiger partial charge < -0.3 is 10.1 Å². The van der Waals surface area contributed by atoms with E-state index < -0.39 is 0 Å². The molecule has 6 heteroatoms. The predicted molar refractivity (Wildman–Crippen MR) is 88.7 cm³/mol. The summed E-state index contributed by atoms with van der Waals surface area (Å²) in [6, 6.07) is 14.6. The van der Waals surface area contributed by atoms with Crippen LogP contribution in [-0.4, -0.2) is 25.8 Å². The number of halogens is 1. The van der Waals surface area contributed by atoms with Gasteiger partial charge in [-0.2, -0.15) is 5.10 Å². The molecule has 5 nitrogen and oxygen atoms in total. The minimum atomic E-state index is -0.272. The van der Waals surface area contributed by atoms with E-state index in [0.717, 1.165) is 5.56 Å². The Morgan fingerprint density at radius 2 is 1.95 bits per heavy atom. The van der Waals surface area contributed by atoms with Gasteiger partial charge in [0.25, 0.3) is 5.91 Å². The number of nitrogens with one attached hydrogen (secondary N) is 2. The first-order valence-electron chi connectivity index (χ1n) is 6.64. The van der Waals surface area contributed by atoms with Gasteiger partial charge in [-0.15, -0.1) is 0 Å². The Hall–Kier alpha value is -2.53. The van der Waals surface area contributed by atoms with Crippen molar-refractivity contribution in [2.45, 2.75) is 0 Å². The molecule has 0 aliphatic carbocycles. The second-order valence-corrected chi connectivity index (χ2v) is 4.78. The maximum absolute atomic E-state index is 11.7. The average Bonchev–Trinajstić information content (AvgIpc) is 2.54. The van der Waals surface area contributed by atoms with Gasteiger partial charge in [-0.05, 0) is 24.3 Å². The first-order chi connectivity index (χ1) is 10.7. The molecule has 0 atom stereocenters. The predicted octanol–water partition coefficient (Wildman–Crippen LogP) is 2.91. The van der Waals surface area contributed by atoms with Gasteiger partial charge in [-0.1, -0.05) is 35.9 Å². The molecule has 22 heavy (non-hydrogen) atoms. The largest absolute Gasteiger partial charge is 0.496 e. The molecule has 0 heterocycles. The molecule has 2 aromatic rings. The number of hydrogen-bond donors (Lipinski definition) is 2. The Bertz CT molecular complexity index is 674. The number of carbonyl (C=O) groups excluding carboxylic acids is 1. The van der Waals surface area contributed by atoms with E-state index in [1.807, 2.05) is 36.4 Å². The Labute approximate surface area is 133 Å². The quantitative estimate of drug-likeness (QED) is 0.636. The molecule has 1 amide bonds. The molecule has 0 aromatic heterocycles. The van der Waals surface area contributed by atoms with Crippen LogP contribution in [0.1, 0.15) is 5.56 Å². The number of ether oxygens (including phenoxy) is 1. The van der Waals surface area contributed by atoms with Gasteiger partial charge in [0.05, 0.1) is 30.6 Å². The maximum Gasteiger partial charge on any atom is 0.259 e. The number of benzene rings is 2. The Kier molecular flexibility index (Phi) is 5.80. The van der Waals surface area contributed by atoms with Crippen molar-refractivity contribution in [1.29, 1.82) is 0 Å². The molecule has 0 radical (unpaired) electrons. The molecule has 0 spiro atoms. The number of carbonyl (C=O) groups is 1. The van der Waals surface area contributed by atoms with Crippen molar-refractivity contribution >= 4 is 29.4 Å². The fourth-order valence-corrected chi connectivity index (χ4v) is 1.97. The number of rotatable bonds is 6. The van der Waals surface area contributed by atoms with E-state index in [1.54, 1.807) is 19.2 Å². The SMILES string of the molecule is COc1ccccc1/C=N\NC(=O)CNc1ccccc1Cl. The summed E-state index contributed by atoms with van der Waals surface area (Å²) in [6.07, 6.45) is 1.53. The summed E-state index contributed by atoms with van der Waals surface area (Å²) in [5.74, 6) is 0.417. The van der Waals surface area contributed by atoms with E-state index in [2.05, 4.69) is 15.8 Å². The smallest absolute Gasteiger partial charge is 0.259 e. The molecule has 2 aromatic carbocycles. The summed E-state index contributed by atoms with van der Waals surface area (Å²) in [6.45, 7) is 0.0764. The van der Waals surface area contributed by atoms with E-state index in [0.29, 0.717) is 16.5 Å². The zero-order valence-corrected chi connectivity index (χ0v) is 12.8. The third-order valence-electron chi connectivity index (χ3n) is 2.85. The van der Waals surface area contributed by atoms with Crippen molar-refractivity contribution in [3.63, 3.8) is 0 Å². The molecule has 0 saturated carbocycles. The van der Waals surface area contributed by atoms with Crippen LogP contribution in [0, 0.1) is 0 Å². The molecular weight excluding hydrogens is 302 g/mol. The Balaban J connectivity index is 1.85. The molecule has 0 saturated heterocycles. The molecule has 0 bridgehead atoms. The molecular formula is C16H16ClN3O2. The fraction of sp³-hybridized carbons (Fsp3) is 0.125. The van der Waals surface area contributed by atoms with Crippen LogP contribution >= 0.6 is 11.6 Å². The van der Waals surface area contributed by atoms with Crippen LogP contribution in [0.3, 0.4) is 0 Å². The van der Waals surface area contributed by atoms with E-state index in [-0.39, 0.29) is 12.5 Å². The monoisotopic (exact) mass is 317 g/mol. The number of nitrogens with zero attached hydrogens (tertiary/aromatic N) is 1. The van der Waals surface area contributed by atoms with E-state index in [9.17, 15) is 4.79 Å². The summed E-state index contributed by atoms with van der Waals surface area (Å²) >= 11 is 5.99. The number of hydrogen-bond acceptors (Lipinski definition) is 4. The highest BCUT2D eigenvalue weighted by atomic mass is 35.5. The molecule has 114 valence electrons. The third kappa shape index (κ3) is 4.49. The van der Waals surface area contributed by atoms with Gasteiger partial charge in [0.2, 0.25) is 0 Å². The van der Waals surface area contributed by atoms with Crippen molar-refractivity contribution in [3.05, 3.63) is 59.1 Å². The first kappa shape index (κ1) is 15.9. The normalized spacial score (nSPS) is 10.5. The van der Waals surface area contributed by atoms with Crippen molar-refractivity contribution in [2.75, 3.05) is 19.0 Å². The molecule has 2 rings (SSSR count). The van der Waals surface area contributed by atoms with Crippen LogP contribution in [0.25, 0.3) is 0 Å². The summed E-state index contributed by atoms with van der Waals surface area (Å²) < 4.78 is 5.19. The number of methoxy groups -OCH3 is 1. The van der Waals surface area contributed by atoms with Crippen molar-refractivity contribution in [2.24, 2.45) is 5.10 Å². The number of anilines is 1. The zero-order chi connectivity index (χ0) is 15.8. The van der Waals surface area contributed by atoms with Crippen molar-refractivity contribution < 1.29 is 9.53 Å². The van der Waals surface area contributed by atoms with Crippen LogP contribution in [-0.2, 0) is 4.79 Å². The minimum Gasteiger partial charge on any atom is -0.496 e. The number of hydrazone groups is 1. The fourth-order valence-electron chi connectivity index (χ4n) is 1.77. The number of amides is 1. The van der Waals surface area contributed by atoms with Gasteiger partial charge in [0.1, 0.15) is 5.75 Å². The van der Waals surface area contributed by atoms with Gasteiger partial charge in [-0.25, -0.2) is 5.43 Å². The van der Waals surface area contributed by atoms with E-state index in [4.69, 9.17) is 16.3 Å². The van der Waals surface area contributed by atoms with E-state index >= 15 is 0 Å². The highest BCUT2D eigenvalue weighted by Crippen LogP contribution is 2.19. The lowest BCUT2D eigenvalue weighted by Crippen LogP contribution is -2.26. The Morgan fingerprint density at radius 1 is 1.23 bits per heavy atom.